The van der Waals surface area contributed by atoms with Gasteiger partial charge in [0.2, 0.25) is 0 Å². The molecular formula is C17H21Cl3N8O. The minimum absolute atomic E-state index is 0. The van der Waals surface area contributed by atoms with Gasteiger partial charge < -0.3 is 21.1 Å². The lowest BCUT2D eigenvalue weighted by atomic mass is 9.80. The Bertz CT molecular complexity index is 1020. The van der Waals surface area contributed by atoms with Gasteiger partial charge in [0.25, 0.3) is 5.88 Å². The van der Waals surface area contributed by atoms with E-state index in [9.17, 15) is 0 Å². The topological polar surface area (TPSA) is 132 Å². The van der Waals surface area contributed by atoms with Crippen LogP contribution >= 0.6 is 35.6 Å². The molecule has 12 heteroatoms. The fourth-order valence-corrected chi connectivity index (χ4v) is 3.47. The number of pyridine rings is 1. The van der Waals surface area contributed by atoms with Crippen molar-refractivity contribution in [2.45, 2.75) is 19.8 Å². The van der Waals surface area contributed by atoms with E-state index in [0.29, 0.717) is 17.7 Å². The van der Waals surface area contributed by atoms with Crippen molar-refractivity contribution in [3.05, 3.63) is 22.4 Å². The van der Waals surface area contributed by atoms with Crippen molar-refractivity contribution < 1.29 is 4.74 Å². The van der Waals surface area contributed by atoms with E-state index in [2.05, 4.69) is 37.0 Å². The molecule has 0 saturated carbocycles. The number of ether oxygens (including phenoxy) is 1. The highest BCUT2D eigenvalue weighted by molar-refractivity contribution is 6.42. The van der Waals surface area contributed by atoms with Gasteiger partial charge in [0, 0.05) is 19.2 Å². The monoisotopic (exact) mass is 458 g/mol. The number of anilines is 2. The summed E-state index contributed by atoms with van der Waals surface area (Å²) >= 11 is 12.1. The predicted molar refractivity (Wildman–Crippen MR) is 116 cm³/mol. The molecule has 1 saturated heterocycles. The Morgan fingerprint density at radius 3 is 2.69 bits per heavy atom. The summed E-state index contributed by atoms with van der Waals surface area (Å²) in [5, 5.41) is 7.19. The van der Waals surface area contributed by atoms with Crippen molar-refractivity contribution in [3.63, 3.8) is 0 Å². The van der Waals surface area contributed by atoms with Gasteiger partial charge in [-0.3, -0.25) is 5.10 Å². The SMILES string of the molecule is CC1(CN)CCN(c2cnc3c(Oc4cc(N)nc(Cl)c4Cl)n[nH]c3n2)CC1.Cl. The van der Waals surface area contributed by atoms with Crippen LogP contribution in [0.25, 0.3) is 11.2 Å². The molecule has 0 spiro atoms. The minimum Gasteiger partial charge on any atom is -0.434 e. The largest absolute Gasteiger partial charge is 0.434 e. The summed E-state index contributed by atoms with van der Waals surface area (Å²) in [6.45, 7) is 4.69. The molecule has 0 aromatic carbocycles. The number of nitrogens with zero attached hydrogens (tertiary/aromatic N) is 5. The zero-order chi connectivity index (χ0) is 19.9. The Hall–Kier alpha value is -2.07. The summed E-state index contributed by atoms with van der Waals surface area (Å²) in [6, 6.07) is 1.47. The van der Waals surface area contributed by atoms with Crippen LogP contribution in [0, 0.1) is 5.41 Å². The van der Waals surface area contributed by atoms with Gasteiger partial charge in [-0.05, 0) is 24.8 Å². The number of aromatic nitrogens is 5. The second kappa shape index (κ2) is 8.35. The maximum absolute atomic E-state index is 6.13. The maximum Gasteiger partial charge on any atom is 0.266 e. The maximum atomic E-state index is 6.13. The number of halogens is 3. The zero-order valence-corrected chi connectivity index (χ0v) is 18.0. The molecule has 0 unspecified atom stereocenters. The van der Waals surface area contributed by atoms with Crippen LogP contribution < -0.4 is 21.1 Å². The number of H-pyrrole nitrogens is 1. The van der Waals surface area contributed by atoms with Gasteiger partial charge in [-0.2, -0.15) is 0 Å². The number of rotatable bonds is 4. The van der Waals surface area contributed by atoms with Crippen molar-refractivity contribution >= 4 is 58.4 Å². The second-order valence-corrected chi connectivity index (χ2v) is 7.94. The lowest BCUT2D eigenvalue weighted by molar-refractivity contribution is 0.258. The summed E-state index contributed by atoms with van der Waals surface area (Å²) in [4.78, 5) is 15.2. The number of nitrogens with one attached hydrogen (secondary N) is 1. The molecule has 5 N–H and O–H groups in total. The van der Waals surface area contributed by atoms with Crippen LogP contribution in [0.3, 0.4) is 0 Å². The molecule has 4 heterocycles. The molecule has 156 valence electrons. The van der Waals surface area contributed by atoms with E-state index in [0.717, 1.165) is 31.7 Å². The lowest BCUT2D eigenvalue weighted by Gasteiger charge is -2.39. The first-order chi connectivity index (χ1) is 13.4. The van der Waals surface area contributed by atoms with E-state index in [1.165, 1.54) is 6.07 Å². The number of piperidine rings is 1. The lowest BCUT2D eigenvalue weighted by Crippen LogP contribution is -2.42. The van der Waals surface area contributed by atoms with Crippen molar-refractivity contribution in [1.82, 2.24) is 25.1 Å². The number of aromatic amines is 1. The number of hydrogen-bond acceptors (Lipinski definition) is 8. The van der Waals surface area contributed by atoms with E-state index in [-0.39, 0.29) is 45.4 Å². The van der Waals surface area contributed by atoms with E-state index < -0.39 is 0 Å². The molecule has 29 heavy (non-hydrogen) atoms. The molecule has 1 aliphatic rings. The van der Waals surface area contributed by atoms with Crippen molar-refractivity contribution in [2.75, 3.05) is 30.3 Å². The third-order valence-corrected chi connectivity index (χ3v) is 5.86. The van der Waals surface area contributed by atoms with Gasteiger partial charge >= 0.3 is 0 Å². The van der Waals surface area contributed by atoms with Gasteiger partial charge in [-0.1, -0.05) is 30.1 Å². The third-order valence-electron chi connectivity index (χ3n) is 5.12. The van der Waals surface area contributed by atoms with Gasteiger partial charge in [0.15, 0.2) is 22.1 Å². The summed E-state index contributed by atoms with van der Waals surface area (Å²) in [5.41, 5.74) is 12.8. The van der Waals surface area contributed by atoms with Crippen LogP contribution in [0.2, 0.25) is 10.2 Å². The quantitative estimate of drug-likeness (QED) is 0.506. The fourth-order valence-electron chi connectivity index (χ4n) is 3.15. The molecule has 0 amide bonds. The van der Waals surface area contributed by atoms with Crippen LogP contribution in [-0.4, -0.2) is 44.8 Å². The van der Waals surface area contributed by atoms with E-state index in [4.69, 9.17) is 39.4 Å². The Balaban J connectivity index is 0.00000240. The highest BCUT2D eigenvalue weighted by Crippen LogP contribution is 2.36. The highest BCUT2D eigenvalue weighted by Gasteiger charge is 2.29. The average molecular weight is 460 g/mol. The first kappa shape index (κ1) is 21.6. The standard InChI is InChI=1S/C17H20Cl2N8O.ClH/c1-17(8-20)2-4-27(5-3-17)11-7-22-13-15(24-11)25-26-16(13)28-9-6-10(21)23-14(19)12(9)18;/h6-7H,2-5,8,20H2,1H3,(H2,21,23)(H,24,25,26);1H. The van der Waals surface area contributed by atoms with Gasteiger partial charge in [-0.15, -0.1) is 17.5 Å². The van der Waals surface area contributed by atoms with Crippen molar-refractivity contribution in [3.8, 4) is 11.6 Å². The number of nitrogen functional groups attached to an aromatic ring is 1. The Morgan fingerprint density at radius 2 is 2.00 bits per heavy atom. The first-order valence-electron chi connectivity index (χ1n) is 8.84. The second-order valence-electron chi connectivity index (χ2n) is 7.21. The van der Waals surface area contributed by atoms with Crippen molar-refractivity contribution in [1.29, 1.82) is 0 Å². The molecule has 0 aliphatic carbocycles. The van der Waals surface area contributed by atoms with Gasteiger partial charge in [0.05, 0.1) is 6.20 Å². The molecular weight excluding hydrogens is 439 g/mol. The van der Waals surface area contributed by atoms with Crippen LogP contribution in [0.5, 0.6) is 11.6 Å². The number of hydrogen-bond donors (Lipinski definition) is 3. The van der Waals surface area contributed by atoms with Crippen LogP contribution in [0.15, 0.2) is 12.3 Å². The normalized spacial score (nSPS) is 15.9. The number of fused-ring (bicyclic) bond motifs is 1. The average Bonchev–Trinajstić information content (AvgIpc) is 3.08. The summed E-state index contributed by atoms with van der Waals surface area (Å²) in [7, 11) is 0. The molecule has 3 aromatic rings. The van der Waals surface area contributed by atoms with Crippen LogP contribution in [0.4, 0.5) is 11.6 Å². The molecule has 1 fully saturated rings. The first-order valence-corrected chi connectivity index (χ1v) is 9.60. The smallest absolute Gasteiger partial charge is 0.266 e. The highest BCUT2D eigenvalue weighted by atomic mass is 35.5. The number of nitrogens with two attached hydrogens (primary N) is 2. The summed E-state index contributed by atoms with van der Waals surface area (Å²) in [5.74, 6) is 1.45. The van der Waals surface area contributed by atoms with E-state index >= 15 is 0 Å². The van der Waals surface area contributed by atoms with Crippen LogP contribution in [0.1, 0.15) is 19.8 Å². The Morgan fingerprint density at radius 1 is 1.28 bits per heavy atom. The van der Waals surface area contributed by atoms with E-state index in [1.807, 2.05) is 0 Å². The van der Waals surface area contributed by atoms with Gasteiger partial charge in [-0.25, -0.2) is 15.0 Å². The van der Waals surface area contributed by atoms with Crippen molar-refractivity contribution in [2.24, 2.45) is 11.1 Å². The molecule has 0 radical (unpaired) electrons. The molecule has 4 rings (SSSR count). The van der Waals surface area contributed by atoms with Crippen LogP contribution in [-0.2, 0) is 0 Å². The molecule has 3 aromatic heterocycles. The van der Waals surface area contributed by atoms with Gasteiger partial charge in [0.1, 0.15) is 16.7 Å². The molecule has 1 aliphatic heterocycles. The minimum atomic E-state index is 0. The Kier molecular flexibility index (Phi) is 6.23. The molecule has 9 nitrogen and oxygen atoms in total. The predicted octanol–water partition coefficient (Wildman–Crippen LogP) is 3.42. The Labute approximate surface area is 183 Å². The summed E-state index contributed by atoms with van der Waals surface area (Å²) < 4.78 is 5.74. The fraction of sp³-hybridized carbons (Fsp3) is 0.412. The summed E-state index contributed by atoms with van der Waals surface area (Å²) in [6.07, 6.45) is 3.75. The van der Waals surface area contributed by atoms with E-state index in [1.54, 1.807) is 6.20 Å². The molecule has 0 bridgehead atoms. The third kappa shape index (κ3) is 4.28. The molecule has 0 atom stereocenters. The zero-order valence-electron chi connectivity index (χ0n) is 15.7.